The molecule has 2 aromatic rings. The molecule has 2 aromatic carbocycles. The zero-order chi connectivity index (χ0) is 20.0. The van der Waals surface area contributed by atoms with Crippen LogP contribution in [0.15, 0.2) is 30.3 Å². The fourth-order valence-electron chi connectivity index (χ4n) is 4.05. The van der Waals surface area contributed by atoms with Gasteiger partial charge in [-0.1, -0.05) is 6.07 Å². The van der Waals surface area contributed by atoms with E-state index in [4.69, 9.17) is 4.74 Å². The molecule has 2 heterocycles. The minimum Gasteiger partial charge on any atom is -0.478 e. The van der Waals surface area contributed by atoms with Crippen LogP contribution < -0.4 is 5.32 Å². The lowest BCUT2D eigenvalue weighted by Crippen LogP contribution is -2.44. The third-order valence-electron chi connectivity index (χ3n) is 5.31. The summed E-state index contributed by atoms with van der Waals surface area (Å²) in [7, 11) is 0. The Labute approximate surface area is 158 Å². The van der Waals surface area contributed by atoms with E-state index in [1.54, 1.807) is 0 Å². The summed E-state index contributed by atoms with van der Waals surface area (Å²) in [5, 5.41) is 12.4. The number of Topliss-reactive ketones (excluding diaryl/α,β-unsaturated/α-hetero) is 1. The van der Waals surface area contributed by atoms with Gasteiger partial charge in [0.1, 0.15) is 17.5 Å². The first kappa shape index (κ1) is 18.5. The Morgan fingerprint density at radius 3 is 2.57 bits per heavy atom. The van der Waals surface area contributed by atoms with Crippen LogP contribution in [0.3, 0.4) is 0 Å². The van der Waals surface area contributed by atoms with E-state index in [1.165, 1.54) is 6.07 Å². The van der Waals surface area contributed by atoms with E-state index >= 15 is 0 Å². The van der Waals surface area contributed by atoms with Crippen molar-refractivity contribution in [3.8, 4) is 0 Å². The first-order chi connectivity index (χ1) is 13.4. The molecule has 0 aromatic heterocycles. The number of fused-ring (bicyclic) bond motifs is 1. The first-order valence-electron chi connectivity index (χ1n) is 8.77. The molecular formula is C20H16F3NO4. The quantitative estimate of drug-likeness (QED) is 0.836. The fourth-order valence-corrected chi connectivity index (χ4v) is 4.05. The fraction of sp³-hybridized carbons (Fsp3) is 0.300. The predicted octanol–water partition coefficient (Wildman–Crippen LogP) is 3.60. The lowest BCUT2D eigenvalue weighted by atomic mass is 9.74. The number of halogens is 3. The van der Waals surface area contributed by atoms with Gasteiger partial charge in [0.25, 0.3) is 0 Å². The van der Waals surface area contributed by atoms with E-state index in [2.05, 4.69) is 5.32 Å². The van der Waals surface area contributed by atoms with Gasteiger partial charge in [-0.05, 0) is 24.6 Å². The Morgan fingerprint density at radius 1 is 1.14 bits per heavy atom. The summed E-state index contributed by atoms with van der Waals surface area (Å²) >= 11 is 0. The van der Waals surface area contributed by atoms with Crippen molar-refractivity contribution >= 4 is 17.4 Å². The molecule has 3 atom stereocenters. The predicted molar refractivity (Wildman–Crippen MR) is 93.1 cm³/mol. The van der Waals surface area contributed by atoms with Crippen LogP contribution in [0.25, 0.3) is 0 Å². The second kappa shape index (κ2) is 6.94. The number of hydrogen-bond acceptors (Lipinski definition) is 4. The number of aromatic carboxylic acids is 1. The molecule has 2 N–H and O–H groups in total. The molecule has 0 amide bonds. The maximum absolute atomic E-state index is 14.5. The summed E-state index contributed by atoms with van der Waals surface area (Å²) < 4.78 is 47.2. The summed E-state index contributed by atoms with van der Waals surface area (Å²) in [6.45, 7) is 0.784. The van der Waals surface area contributed by atoms with Crippen molar-refractivity contribution in [3.05, 3.63) is 64.5 Å². The third kappa shape index (κ3) is 3.03. The molecule has 1 saturated heterocycles. The summed E-state index contributed by atoms with van der Waals surface area (Å²) in [6, 6.07) is 4.09. The number of benzene rings is 2. The zero-order valence-corrected chi connectivity index (χ0v) is 14.5. The van der Waals surface area contributed by atoms with Crippen LogP contribution in [0.1, 0.15) is 38.6 Å². The molecule has 146 valence electrons. The van der Waals surface area contributed by atoms with Gasteiger partial charge in [-0.25, -0.2) is 18.0 Å². The number of anilines is 1. The number of ketones is 1. The number of carbonyl (C=O) groups excluding carboxylic acids is 1. The average Bonchev–Trinajstić information content (AvgIpc) is 3.16. The van der Waals surface area contributed by atoms with Crippen LogP contribution in [-0.4, -0.2) is 36.1 Å². The molecule has 2 aliphatic heterocycles. The Morgan fingerprint density at radius 2 is 1.93 bits per heavy atom. The zero-order valence-electron chi connectivity index (χ0n) is 14.5. The number of rotatable bonds is 3. The number of carboxylic acid groups (broad SMARTS) is 1. The van der Waals surface area contributed by atoms with Gasteiger partial charge in [-0.3, -0.25) is 4.79 Å². The van der Waals surface area contributed by atoms with Gasteiger partial charge in [0, 0.05) is 35.9 Å². The van der Waals surface area contributed by atoms with E-state index in [0.29, 0.717) is 25.7 Å². The molecule has 0 aliphatic carbocycles. The maximum Gasteiger partial charge on any atom is 0.336 e. The first-order valence-corrected chi connectivity index (χ1v) is 8.77. The number of nitrogens with one attached hydrogen (secondary N) is 1. The lowest BCUT2D eigenvalue weighted by molar-refractivity contribution is 0.0689. The van der Waals surface area contributed by atoms with E-state index < -0.39 is 46.7 Å². The van der Waals surface area contributed by atoms with Crippen molar-refractivity contribution in [2.45, 2.75) is 18.4 Å². The van der Waals surface area contributed by atoms with E-state index in [-0.39, 0.29) is 22.7 Å². The molecule has 0 radical (unpaired) electrons. The summed E-state index contributed by atoms with van der Waals surface area (Å²) in [4.78, 5) is 24.9. The van der Waals surface area contributed by atoms with Gasteiger partial charge in [0.2, 0.25) is 0 Å². The highest BCUT2D eigenvalue weighted by atomic mass is 19.1. The number of carboxylic acids is 1. The molecular weight excluding hydrogens is 375 g/mol. The van der Waals surface area contributed by atoms with Crippen molar-refractivity contribution in [2.24, 2.45) is 5.92 Å². The van der Waals surface area contributed by atoms with Crippen LogP contribution in [0.2, 0.25) is 0 Å². The van der Waals surface area contributed by atoms with Gasteiger partial charge in [-0.15, -0.1) is 0 Å². The number of carbonyl (C=O) groups is 2. The van der Waals surface area contributed by atoms with E-state index in [0.717, 1.165) is 18.2 Å². The van der Waals surface area contributed by atoms with Crippen molar-refractivity contribution in [2.75, 3.05) is 18.5 Å². The minimum atomic E-state index is -1.47. The van der Waals surface area contributed by atoms with E-state index in [9.17, 15) is 27.9 Å². The second-order valence-corrected chi connectivity index (χ2v) is 6.98. The average molecular weight is 391 g/mol. The number of ether oxygens (including phenoxy) is 1. The maximum atomic E-state index is 14.5. The van der Waals surface area contributed by atoms with Crippen LogP contribution in [0.4, 0.5) is 18.9 Å². The van der Waals surface area contributed by atoms with Gasteiger partial charge in [0.15, 0.2) is 5.78 Å². The molecule has 2 aliphatic rings. The minimum absolute atomic E-state index is 0.0397. The molecule has 8 heteroatoms. The Hall–Kier alpha value is -2.87. The molecule has 4 rings (SSSR count). The van der Waals surface area contributed by atoms with Crippen molar-refractivity contribution in [1.29, 1.82) is 0 Å². The monoisotopic (exact) mass is 391 g/mol. The summed E-state index contributed by atoms with van der Waals surface area (Å²) in [6.07, 6.45) is 0.598. The van der Waals surface area contributed by atoms with Crippen LogP contribution in [0.5, 0.6) is 0 Å². The molecule has 0 spiro atoms. The lowest BCUT2D eigenvalue weighted by Gasteiger charge is -2.37. The number of hydrogen-bond donors (Lipinski definition) is 2. The topological polar surface area (TPSA) is 75.6 Å². The Kier molecular flexibility index (Phi) is 4.58. The Balaban J connectivity index is 1.90. The SMILES string of the molecule is O=C(O)c1cc(F)cc2c1C(=O)[C@@H](c1ccc(F)cc1F)[C@H](C1CCOC1)N2. The van der Waals surface area contributed by atoms with Gasteiger partial charge in [0.05, 0.1) is 23.7 Å². The van der Waals surface area contributed by atoms with Crippen LogP contribution >= 0.6 is 0 Å². The second-order valence-electron chi connectivity index (χ2n) is 6.98. The third-order valence-corrected chi connectivity index (χ3v) is 5.31. The largest absolute Gasteiger partial charge is 0.478 e. The van der Waals surface area contributed by atoms with Gasteiger partial charge in [-0.2, -0.15) is 0 Å². The standard InChI is InChI=1S/C20H16F3NO4/c21-10-1-2-12(14(23)6-10)17-18(9-3-4-28-8-9)24-15-7-11(22)5-13(20(26)27)16(15)19(17)25/h1-2,5-7,9,17-18,24H,3-4,8H2,(H,26,27)/t9?,17-,18-/m0/s1. The molecule has 1 unspecified atom stereocenters. The van der Waals surface area contributed by atoms with Crippen molar-refractivity contribution < 1.29 is 32.6 Å². The van der Waals surface area contributed by atoms with Crippen LogP contribution in [0, 0.1) is 23.4 Å². The highest BCUT2D eigenvalue weighted by Crippen LogP contribution is 2.42. The van der Waals surface area contributed by atoms with Crippen LogP contribution in [-0.2, 0) is 4.74 Å². The molecule has 0 saturated carbocycles. The summed E-state index contributed by atoms with van der Waals surface area (Å²) in [5.41, 5.74) is -0.695. The highest BCUT2D eigenvalue weighted by Gasteiger charge is 2.44. The molecule has 1 fully saturated rings. The normalized spacial score (nSPS) is 24.0. The van der Waals surface area contributed by atoms with Crippen molar-refractivity contribution in [1.82, 2.24) is 0 Å². The molecule has 5 nitrogen and oxygen atoms in total. The molecule has 0 bridgehead atoms. The summed E-state index contributed by atoms with van der Waals surface area (Å²) in [5.74, 6) is -5.87. The molecule has 28 heavy (non-hydrogen) atoms. The van der Waals surface area contributed by atoms with Gasteiger partial charge < -0.3 is 15.2 Å². The van der Waals surface area contributed by atoms with E-state index in [1.807, 2.05) is 0 Å². The van der Waals surface area contributed by atoms with Gasteiger partial charge >= 0.3 is 5.97 Å². The smallest absolute Gasteiger partial charge is 0.336 e. The Bertz CT molecular complexity index is 972. The highest BCUT2D eigenvalue weighted by molar-refractivity contribution is 6.14. The van der Waals surface area contributed by atoms with Crippen molar-refractivity contribution in [3.63, 3.8) is 0 Å².